The molecule has 1 aliphatic carbocycles. The molecule has 110 valence electrons. The summed E-state index contributed by atoms with van der Waals surface area (Å²) in [4.78, 5) is 15.1. The Morgan fingerprint density at radius 1 is 1.05 bits per heavy atom. The minimum absolute atomic E-state index is 0.283. The van der Waals surface area contributed by atoms with Crippen molar-refractivity contribution >= 4 is 23.5 Å². The molecule has 6 heteroatoms. The third kappa shape index (κ3) is 3.51. The molecule has 3 rings (SSSR count). The van der Waals surface area contributed by atoms with Crippen LogP contribution in [0.3, 0.4) is 0 Å². The van der Waals surface area contributed by atoms with Crippen molar-refractivity contribution in [2.75, 3.05) is 29.9 Å². The van der Waals surface area contributed by atoms with Gasteiger partial charge < -0.3 is 10.2 Å². The molecule has 20 heavy (non-hydrogen) atoms. The second kappa shape index (κ2) is 6.57. The SMILES string of the molecule is Clc1nc(NCCC2CCCC2)nc(N2CCCC2)n1. The first-order chi connectivity index (χ1) is 9.81. The van der Waals surface area contributed by atoms with Crippen molar-refractivity contribution in [3.8, 4) is 0 Å². The summed E-state index contributed by atoms with van der Waals surface area (Å²) in [5.74, 6) is 2.20. The van der Waals surface area contributed by atoms with Crippen molar-refractivity contribution in [1.82, 2.24) is 15.0 Å². The first kappa shape index (κ1) is 13.9. The Hall–Kier alpha value is -1.10. The quantitative estimate of drug-likeness (QED) is 0.904. The van der Waals surface area contributed by atoms with E-state index in [2.05, 4.69) is 25.2 Å². The summed E-state index contributed by atoms with van der Waals surface area (Å²) >= 11 is 6.01. The lowest BCUT2D eigenvalue weighted by Gasteiger charge is -2.16. The molecule has 2 heterocycles. The minimum Gasteiger partial charge on any atom is -0.354 e. The predicted molar refractivity (Wildman–Crippen MR) is 81.3 cm³/mol. The van der Waals surface area contributed by atoms with Gasteiger partial charge in [-0.05, 0) is 36.8 Å². The molecule has 0 atom stereocenters. The Kier molecular flexibility index (Phi) is 4.55. The first-order valence-corrected chi connectivity index (χ1v) is 8.09. The highest BCUT2D eigenvalue weighted by Gasteiger charge is 2.17. The third-order valence-electron chi connectivity index (χ3n) is 4.30. The summed E-state index contributed by atoms with van der Waals surface area (Å²) in [5, 5.41) is 3.59. The van der Waals surface area contributed by atoms with Crippen LogP contribution in [-0.4, -0.2) is 34.6 Å². The van der Waals surface area contributed by atoms with Crippen LogP contribution in [0.4, 0.5) is 11.9 Å². The van der Waals surface area contributed by atoms with Gasteiger partial charge in [0.15, 0.2) is 0 Å². The standard InChI is InChI=1S/C14H22ClN5/c15-12-17-13(16-8-7-11-5-1-2-6-11)19-14(18-12)20-9-3-4-10-20/h11H,1-10H2,(H,16,17,18,19). The number of nitrogens with zero attached hydrogens (tertiary/aromatic N) is 4. The van der Waals surface area contributed by atoms with Gasteiger partial charge in [0, 0.05) is 19.6 Å². The molecule has 0 radical (unpaired) electrons. The zero-order valence-electron chi connectivity index (χ0n) is 11.8. The van der Waals surface area contributed by atoms with Gasteiger partial charge in [-0.1, -0.05) is 25.7 Å². The second-order valence-electron chi connectivity index (χ2n) is 5.79. The highest BCUT2D eigenvalue weighted by atomic mass is 35.5. The molecule has 2 fully saturated rings. The molecule has 0 unspecified atom stereocenters. The van der Waals surface area contributed by atoms with E-state index in [-0.39, 0.29) is 5.28 Å². The summed E-state index contributed by atoms with van der Waals surface area (Å²) in [6, 6.07) is 0. The summed E-state index contributed by atoms with van der Waals surface area (Å²) in [6.45, 7) is 2.95. The second-order valence-corrected chi connectivity index (χ2v) is 6.13. The fourth-order valence-corrected chi connectivity index (χ4v) is 3.32. The number of aromatic nitrogens is 3. The van der Waals surface area contributed by atoms with E-state index in [1.165, 1.54) is 44.9 Å². The van der Waals surface area contributed by atoms with E-state index in [1.54, 1.807) is 0 Å². The molecule has 1 aromatic heterocycles. The van der Waals surface area contributed by atoms with Crippen LogP contribution >= 0.6 is 11.6 Å². The van der Waals surface area contributed by atoms with E-state index in [4.69, 9.17) is 11.6 Å². The molecular formula is C14H22ClN5. The van der Waals surface area contributed by atoms with E-state index >= 15 is 0 Å². The average molecular weight is 296 g/mol. The molecule has 1 saturated heterocycles. The summed E-state index contributed by atoms with van der Waals surface area (Å²) in [7, 11) is 0. The van der Waals surface area contributed by atoms with Gasteiger partial charge in [0.05, 0.1) is 0 Å². The Bertz CT molecular complexity index is 441. The average Bonchev–Trinajstić information content (AvgIpc) is 3.11. The predicted octanol–water partition coefficient (Wildman–Crippen LogP) is 3.12. The van der Waals surface area contributed by atoms with Crippen LogP contribution < -0.4 is 10.2 Å². The highest BCUT2D eigenvalue weighted by Crippen LogP contribution is 2.27. The van der Waals surface area contributed by atoms with Crippen molar-refractivity contribution < 1.29 is 0 Å². The van der Waals surface area contributed by atoms with Crippen LogP contribution in [-0.2, 0) is 0 Å². The zero-order chi connectivity index (χ0) is 13.8. The van der Waals surface area contributed by atoms with Crippen LogP contribution in [0.2, 0.25) is 5.28 Å². The zero-order valence-corrected chi connectivity index (χ0v) is 12.6. The lowest BCUT2D eigenvalue weighted by atomic mass is 10.0. The van der Waals surface area contributed by atoms with Gasteiger partial charge in [0.2, 0.25) is 17.2 Å². The van der Waals surface area contributed by atoms with Crippen molar-refractivity contribution in [3.63, 3.8) is 0 Å². The lowest BCUT2D eigenvalue weighted by Crippen LogP contribution is -2.21. The van der Waals surface area contributed by atoms with E-state index in [0.717, 1.165) is 25.6 Å². The van der Waals surface area contributed by atoms with Crippen molar-refractivity contribution in [1.29, 1.82) is 0 Å². The number of halogens is 1. The van der Waals surface area contributed by atoms with Gasteiger partial charge in [-0.2, -0.15) is 15.0 Å². The van der Waals surface area contributed by atoms with E-state index in [9.17, 15) is 0 Å². The fourth-order valence-electron chi connectivity index (χ4n) is 3.16. The Labute approximate surface area is 125 Å². The van der Waals surface area contributed by atoms with Crippen LogP contribution in [0.15, 0.2) is 0 Å². The number of anilines is 2. The largest absolute Gasteiger partial charge is 0.354 e. The maximum absolute atomic E-state index is 6.01. The van der Waals surface area contributed by atoms with Gasteiger partial charge >= 0.3 is 0 Å². The minimum atomic E-state index is 0.283. The van der Waals surface area contributed by atoms with Gasteiger partial charge in [0.1, 0.15) is 0 Å². The Morgan fingerprint density at radius 2 is 1.80 bits per heavy atom. The lowest BCUT2D eigenvalue weighted by molar-refractivity contribution is 0.518. The number of rotatable bonds is 5. The molecule has 0 spiro atoms. The van der Waals surface area contributed by atoms with E-state index < -0.39 is 0 Å². The van der Waals surface area contributed by atoms with Gasteiger partial charge in [0.25, 0.3) is 0 Å². The maximum atomic E-state index is 6.01. The first-order valence-electron chi connectivity index (χ1n) is 7.71. The van der Waals surface area contributed by atoms with Crippen molar-refractivity contribution in [2.45, 2.75) is 44.9 Å². The van der Waals surface area contributed by atoms with Gasteiger partial charge in [-0.25, -0.2) is 0 Å². The van der Waals surface area contributed by atoms with E-state index in [0.29, 0.717) is 11.9 Å². The van der Waals surface area contributed by atoms with Crippen molar-refractivity contribution in [3.05, 3.63) is 5.28 Å². The molecule has 2 aliphatic rings. The molecule has 0 bridgehead atoms. The molecule has 0 aromatic carbocycles. The van der Waals surface area contributed by atoms with Gasteiger partial charge in [-0.3, -0.25) is 0 Å². The van der Waals surface area contributed by atoms with Crippen LogP contribution in [0.1, 0.15) is 44.9 Å². The molecule has 0 amide bonds. The number of hydrogen-bond acceptors (Lipinski definition) is 5. The molecule has 1 saturated carbocycles. The van der Waals surface area contributed by atoms with E-state index in [1.807, 2.05) is 0 Å². The van der Waals surface area contributed by atoms with Crippen molar-refractivity contribution in [2.24, 2.45) is 5.92 Å². The summed E-state index contributed by atoms with van der Waals surface area (Å²) in [6.07, 6.45) is 9.13. The monoisotopic (exact) mass is 295 g/mol. The third-order valence-corrected chi connectivity index (χ3v) is 4.46. The van der Waals surface area contributed by atoms with Crippen LogP contribution in [0.5, 0.6) is 0 Å². The molecule has 1 aliphatic heterocycles. The van der Waals surface area contributed by atoms with Gasteiger partial charge in [-0.15, -0.1) is 0 Å². The smallest absolute Gasteiger partial charge is 0.231 e. The van der Waals surface area contributed by atoms with Crippen LogP contribution in [0.25, 0.3) is 0 Å². The fraction of sp³-hybridized carbons (Fsp3) is 0.786. The highest BCUT2D eigenvalue weighted by molar-refractivity contribution is 6.28. The summed E-state index contributed by atoms with van der Waals surface area (Å²) in [5.41, 5.74) is 0. The number of nitrogens with one attached hydrogen (secondary N) is 1. The van der Waals surface area contributed by atoms with Crippen LogP contribution in [0, 0.1) is 5.92 Å². The molecule has 1 N–H and O–H groups in total. The maximum Gasteiger partial charge on any atom is 0.231 e. The normalized spacial score (nSPS) is 19.8. The molecule has 1 aromatic rings. The molecular weight excluding hydrogens is 274 g/mol. The molecule has 5 nitrogen and oxygen atoms in total. The Balaban J connectivity index is 1.57. The number of hydrogen-bond donors (Lipinski definition) is 1. The summed E-state index contributed by atoms with van der Waals surface area (Å²) < 4.78 is 0. The Morgan fingerprint density at radius 3 is 2.55 bits per heavy atom. The topological polar surface area (TPSA) is 53.9 Å².